The zero-order valence-corrected chi connectivity index (χ0v) is 30.4. The van der Waals surface area contributed by atoms with E-state index in [2.05, 4.69) is 181 Å². The lowest BCUT2D eigenvalue weighted by Gasteiger charge is -2.14. The van der Waals surface area contributed by atoms with E-state index in [4.69, 9.17) is 9.97 Å². The zero-order chi connectivity index (χ0) is 37.0. The zero-order valence-electron chi connectivity index (χ0n) is 30.4. The van der Waals surface area contributed by atoms with Crippen LogP contribution >= 0.6 is 0 Å². The molecule has 0 spiro atoms. The van der Waals surface area contributed by atoms with Crippen LogP contribution in [0.4, 0.5) is 0 Å². The molecule has 0 aliphatic carbocycles. The Bertz CT molecular complexity index is 3180. The minimum Gasteiger partial charge on any atom is -0.265 e. The monoisotopic (exact) mass is 711 g/mol. The molecular weight excluding hydrogens is 679 g/mol. The number of rotatable bonds is 6. The maximum absolute atomic E-state index is 5.21. The largest absolute Gasteiger partial charge is 0.265 e. The van der Waals surface area contributed by atoms with Gasteiger partial charge in [0.1, 0.15) is 0 Å². The fourth-order valence-corrected chi connectivity index (χ4v) is 8.33. The van der Waals surface area contributed by atoms with Gasteiger partial charge in [-0.2, -0.15) is 0 Å². The second kappa shape index (κ2) is 13.1. The molecule has 0 saturated carbocycles. The van der Waals surface area contributed by atoms with Crippen molar-refractivity contribution in [1.82, 2.24) is 15.0 Å². The predicted molar refractivity (Wildman–Crippen MR) is 234 cm³/mol. The third-order valence-corrected chi connectivity index (χ3v) is 11.2. The Morgan fingerprint density at radius 2 is 0.768 bits per heavy atom. The standard InChI is InChI=1S/C53H33N3/c1-2-9-45-36(5-1)6-4-10-46(45)37-13-19-40(20-14-37)50-33-49(39-17-11-34(12-18-39)35-29-31-54-32-30-35)55-53(56-50)44-23-15-38(16-24-44)47-27-25-43-22-21-41-7-3-8-42-26-28-48(47)52(43)51(41)42/h1-33H. The van der Waals surface area contributed by atoms with Crippen LogP contribution in [0.3, 0.4) is 0 Å². The van der Waals surface area contributed by atoms with E-state index in [9.17, 15) is 0 Å². The summed E-state index contributed by atoms with van der Waals surface area (Å²) in [7, 11) is 0. The molecule has 0 N–H and O–H groups in total. The first-order valence-corrected chi connectivity index (χ1v) is 19.0. The average molecular weight is 712 g/mol. The second-order valence-corrected chi connectivity index (χ2v) is 14.4. The lowest BCUT2D eigenvalue weighted by atomic mass is 9.90. The summed E-state index contributed by atoms with van der Waals surface area (Å²) >= 11 is 0. The summed E-state index contributed by atoms with van der Waals surface area (Å²) in [6.45, 7) is 0. The number of fused-ring (bicyclic) bond motifs is 1. The Morgan fingerprint density at radius 1 is 0.286 bits per heavy atom. The molecule has 0 saturated heterocycles. The van der Waals surface area contributed by atoms with Crippen LogP contribution in [0.2, 0.25) is 0 Å². The third kappa shape index (κ3) is 5.49. The highest BCUT2D eigenvalue weighted by molar-refractivity contribution is 6.25. The van der Waals surface area contributed by atoms with Gasteiger partial charge < -0.3 is 0 Å². The van der Waals surface area contributed by atoms with Crippen molar-refractivity contribution in [2.24, 2.45) is 0 Å². The van der Waals surface area contributed by atoms with E-state index in [0.29, 0.717) is 5.82 Å². The van der Waals surface area contributed by atoms with Crippen molar-refractivity contribution < 1.29 is 0 Å². The van der Waals surface area contributed by atoms with Crippen LogP contribution in [0.25, 0.3) is 110 Å². The summed E-state index contributed by atoms with van der Waals surface area (Å²) < 4.78 is 0. The van der Waals surface area contributed by atoms with Crippen molar-refractivity contribution >= 4 is 43.1 Å². The van der Waals surface area contributed by atoms with Crippen LogP contribution in [0.5, 0.6) is 0 Å². The van der Waals surface area contributed by atoms with Gasteiger partial charge in [-0.25, -0.2) is 9.97 Å². The van der Waals surface area contributed by atoms with E-state index >= 15 is 0 Å². The van der Waals surface area contributed by atoms with Gasteiger partial charge in [-0.1, -0.05) is 170 Å². The van der Waals surface area contributed by atoms with E-state index in [0.717, 1.165) is 39.2 Å². The Kier molecular flexibility index (Phi) is 7.49. The fraction of sp³-hybridized carbons (Fsp3) is 0. The summed E-state index contributed by atoms with van der Waals surface area (Å²) in [5.74, 6) is 0.691. The molecule has 11 aromatic rings. The highest BCUT2D eigenvalue weighted by Crippen LogP contribution is 2.40. The molecule has 2 heterocycles. The fourth-order valence-electron chi connectivity index (χ4n) is 8.33. The van der Waals surface area contributed by atoms with Crippen molar-refractivity contribution in [3.05, 3.63) is 200 Å². The summed E-state index contributed by atoms with van der Waals surface area (Å²) in [5.41, 5.74) is 11.8. The quantitative estimate of drug-likeness (QED) is 0.161. The first-order chi connectivity index (χ1) is 27.7. The molecule has 0 unspecified atom stereocenters. The molecule has 11 rings (SSSR count). The molecule has 3 heteroatoms. The van der Waals surface area contributed by atoms with Gasteiger partial charge in [-0.3, -0.25) is 4.98 Å². The predicted octanol–water partition coefficient (Wildman–Crippen LogP) is 13.9. The smallest absolute Gasteiger partial charge is 0.160 e. The molecule has 56 heavy (non-hydrogen) atoms. The summed E-state index contributed by atoms with van der Waals surface area (Å²) in [5, 5.41) is 10.2. The molecule has 9 aromatic carbocycles. The Labute approximate surface area is 324 Å². The number of hydrogen-bond acceptors (Lipinski definition) is 3. The van der Waals surface area contributed by atoms with Crippen LogP contribution in [0.15, 0.2) is 200 Å². The molecule has 0 radical (unpaired) electrons. The molecule has 260 valence electrons. The van der Waals surface area contributed by atoms with Gasteiger partial charge in [0.2, 0.25) is 0 Å². The highest BCUT2D eigenvalue weighted by Gasteiger charge is 2.15. The van der Waals surface area contributed by atoms with Crippen LogP contribution < -0.4 is 0 Å². The van der Waals surface area contributed by atoms with E-state index in [1.165, 1.54) is 65.3 Å². The summed E-state index contributed by atoms with van der Waals surface area (Å²) in [4.78, 5) is 14.6. The molecule has 0 atom stereocenters. The van der Waals surface area contributed by atoms with Gasteiger partial charge in [0.25, 0.3) is 0 Å². The number of nitrogens with zero attached hydrogens (tertiary/aromatic N) is 3. The van der Waals surface area contributed by atoms with Crippen molar-refractivity contribution in [2.45, 2.75) is 0 Å². The lowest BCUT2D eigenvalue weighted by molar-refractivity contribution is 1.18. The van der Waals surface area contributed by atoms with Crippen LogP contribution in [-0.4, -0.2) is 15.0 Å². The molecule has 2 aromatic heterocycles. The highest BCUT2D eigenvalue weighted by atomic mass is 14.9. The first kappa shape index (κ1) is 32.0. The van der Waals surface area contributed by atoms with E-state index < -0.39 is 0 Å². The lowest BCUT2D eigenvalue weighted by Crippen LogP contribution is -1.96. The number of aromatic nitrogens is 3. The first-order valence-electron chi connectivity index (χ1n) is 19.0. The number of pyridine rings is 1. The van der Waals surface area contributed by atoms with Gasteiger partial charge in [-0.15, -0.1) is 0 Å². The number of hydrogen-bond donors (Lipinski definition) is 0. The van der Waals surface area contributed by atoms with Gasteiger partial charge in [0.05, 0.1) is 11.4 Å². The maximum atomic E-state index is 5.21. The normalized spacial score (nSPS) is 11.6. The summed E-state index contributed by atoms with van der Waals surface area (Å²) in [6.07, 6.45) is 3.65. The molecule has 0 amide bonds. The van der Waals surface area contributed by atoms with Gasteiger partial charge in [0, 0.05) is 29.1 Å². The van der Waals surface area contributed by atoms with Crippen molar-refractivity contribution in [2.75, 3.05) is 0 Å². The van der Waals surface area contributed by atoms with Gasteiger partial charge in [-0.05, 0) is 94.7 Å². The van der Waals surface area contributed by atoms with Gasteiger partial charge >= 0.3 is 0 Å². The topological polar surface area (TPSA) is 38.7 Å². The van der Waals surface area contributed by atoms with E-state index in [-0.39, 0.29) is 0 Å². The molecule has 0 aliphatic rings. The Morgan fingerprint density at radius 3 is 1.46 bits per heavy atom. The minimum absolute atomic E-state index is 0.691. The Balaban J connectivity index is 1.000. The van der Waals surface area contributed by atoms with Crippen molar-refractivity contribution in [3.63, 3.8) is 0 Å². The number of benzene rings is 9. The SMILES string of the molecule is c1ccc2c(-c3ccc(-c4cc(-c5ccc(-c6ccncc6)cc5)nc(-c5ccc(-c6ccc7ccc8cccc9ccc6c7c89)cc5)n4)cc3)cccc2c1. The van der Waals surface area contributed by atoms with Crippen molar-refractivity contribution in [3.8, 4) is 67.3 Å². The van der Waals surface area contributed by atoms with Crippen molar-refractivity contribution in [1.29, 1.82) is 0 Å². The molecule has 3 nitrogen and oxygen atoms in total. The third-order valence-electron chi connectivity index (χ3n) is 11.2. The molecule has 0 bridgehead atoms. The van der Waals surface area contributed by atoms with Crippen LogP contribution in [0, 0.1) is 0 Å². The average Bonchev–Trinajstić information content (AvgIpc) is 3.28. The second-order valence-electron chi connectivity index (χ2n) is 14.4. The maximum Gasteiger partial charge on any atom is 0.160 e. The van der Waals surface area contributed by atoms with Crippen LogP contribution in [-0.2, 0) is 0 Å². The molecule has 0 fully saturated rings. The minimum atomic E-state index is 0.691. The molecule has 0 aliphatic heterocycles. The molecular formula is C53H33N3. The Hall–Kier alpha value is -7.49. The van der Waals surface area contributed by atoms with Gasteiger partial charge in [0.15, 0.2) is 5.82 Å². The van der Waals surface area contributed by atoms with Crippen LogP contribution in [0.1, 0.15) is 0 Å². The summed E-state index contributed by atoms with van der Waals surface area (Å²) in [6, 6.07) is 67.4. The van der Waals surface area contributed by atoms with E-state index in [1.54, 1.807) is 0 Å². The van der Waals surface area contributed by atoms with E-state index in [1.807, 2.05) is 24.5 Å².